The molecule has 0 bridgehead atoms. The molecule has 3 N–H and O–H groups in total. The molecule has 0 amide bonds. The second kappa shape index (κ2) is 7.12. The van der Waals surface area contributed by atoms with Crippen molar-refractivity contribution in [2.75, 3.05) is 6.61 Å². The molecule has 2 heterocycles. The molecule has 0 aliphatic carbocycles. The van der Waals surface area contributed by atoms with E-state index in [1.807, 2.05) is 62.4 Å². The van der Waals surface area contributed by atoms with Gasteiger partial charge in [0.05, 0.1) is 23.8 Å². The molecule has 0 fully saturated rings. The van der Waals surface area contributed by atoms with Gasteiger partial charge in [0.1, 0.15) is 17.4 Å². The number of rotatable bonds is 4. The highest BCUT2D eigenvalue weighted by molar-refractivity contribution is 5.71. The number of nitrogens with two attached hydrogens (primary N) is 1. The molecule has 1 atom stereocenters. The Kier molecular flexibility index (Phi) is 4.50. The van der Waals surface area contributed by atoms with Crippen LogP contribution in [0.15, 0.2) is 60.0 Å². The smallest absolute Gasteiger partial charge is 0.244 e. The molecule has 0 spiro atoms. The van der Waals surface area contributed by atoms with Crippen molar-refractivity contribution >= 4 is 0 Å². The van der Waals surface area contributed by atoms with Crippen molar-refractivity contribution in [1.82, 2.24) is 10.2 Å². The summed E-state index contributed by atoms with van der Waals surface area (Å²) in [6, 6.07) is 18.0. The fourth-order valence-electron chi connectivity index (χ4n) is 3.44. The average Bonchev–Trinajstić information content (AvgIpc) is 3.12. The van der Waals surface area contributed by atoms with Crippen LogP contribution >= 0.6 is 0 Å². The predicted octanol–water partition coefficient (Wildman–Crippen LogP) is 4.00. The standard InChI is InChI=1S/C22H20N4O2/c1-3-27-16-10-8-14(9-11-16)18-17(12-23)21(24)28-22-19(18)20(25-26-22)15-6-4-13(2)5-7-15/h4-11,18H,3,24H2,1-2H3,(H,25,26)/t18-/m1/s1. The molecular weight excluding hydrogens is 352 g/mol. The van der Waals surface area contributed by atoms with E-state index in [9.17, 15) is 5.26 Å². The van der Waals surface area contributed by atoms with Crippen LogP contribution in [0.25, 0.3) is 11.3 Å². The molecule has 6 heteroatoms. The van der Waals surface area contributed by atoms with Gasteiger partial charge in [-0.2, -0.15) is 5.26 Å². The molecule has 0 radical (unpaired) electrons. The minimum atomic E-state index is -0.375. The van der Waals surface area contributed by atoms with E-state index in [0.29, 0.717) is 18.1 Å². The molecule has 0 saturated heterocycles. The molecule has 140 valence electrons. The SMILES string of the molecule is CCOc1ccc([C@@H]2C(C#N)=C(N)Oc3n[nH]c(-c4ccc(C)cc4)c32)cc1. The molecular formula is C22H20N4O2. The first-order chi connectivity index (χ1) is 13.6. The van der Waals surface area contributed by atoms with Crippen molar-refractivity contribution in [3.63, 3.8) is 0 Å². The lowest BCUT2D eigenvalue weighted by atomic mass is 9.83. The van der Waals surface area contributed by atoms with Crippen LogP contribution < -0.4 is 15.2 Å². The van der Waals surface area contributed by atoms with Crippen molar-refractivity contribution in [2.24, 2.45) is 5.73 Å². The highest BCUT2D eigenvalue weighted by Gasteiger charge is 2.35. The van der Waals surface area contributed by atoms with Crippen molar-refractivity contribution < 1.29 is 9.47 Å². The number of nitriles is 1. The number of benzene rings is 2. The molecule has 28 heavy (non-hydrogen) atoms. The van der Waals surface area contributed by atoms with Crippen LogP contribution in [0.5, 0.6) is 11.6 Å². The monoisotopic (exact) mass is 372 g/mol. The summed E-state index contributed by atoms with van der Waals surface area (Å²) < 4.78 is 11.2. The van der Waals surface area contributed by atoms with Crippen LogP contribution in [0.3, 0.4) is 0 Å². The second-order valence-electron chi connectivity index (χ2n) is 6.61. The van der Waals surface area contributed by atoms with E-state index in [0.717, 1.165) is 28.1 Å². The average molecular weight is 372 g/mol. The zero-order valence-corrected chi connectivity index (χ0v) is 15.7. The van der Waals surface area contributed by atoms with Gasteiger partial charge in [0.25, 0.3) is 0 Å². The number of allylic oxidation sites excluding steroid dienone is 1. The van der Waals surface area contributed by atoms with Crippen LogP contribution in [0, 0.1) is 18.3 Å². The van der Waals surface area contributed by atoms with E-state index in [1.54, 1.807) is 0 Å². The summed E-state index contributed by atoms with van der Waals surface area (Å²) in [5.41, 5.74) is 11.1. The third-order valence-electron chi connectivity index (χ3n) is 4.80. The predicted molar refractivity (Wildman–Crippen MR) is 106 cm³/mol. The van der Waals surface area contributed by atoms with Gasteiger partial charge in [-0.05, 0) is 31.5 Å². The molecule has 1 aromatic heterocycles. The molecule has 0 saturated carbocycles. The number of aromatic nitrogens is 2. The number of ether oxygens (including phenoxy) is 2. The Bertz CT molecular complexity index is 1070. The fraction of sp³-hybridized carbons (Fsp3) is 0.182. The number of nitrogens with one attached hydrogen (secondary N) is 1. The van der Waals surface area contributed by atoms with Gasteiger partial charge in [0, 0.05) is 5.56 Å². The number of hydrogen-bond donors (Lipinski definition) is 2. The maximum atomic E-state index is 9.77. The summed E-state index contributed by atoms with van der Waals surface area (Å²) in [6.45, 7) is 4.57. The first-order valence-electron chi connectivity index (χ1n) is 9.08. The Labute approximate surface area is 163 Å². The number of aryl methyl sites for hydroxylation is 1. The van der Waals surface area contributed by atoms with Crippen LogP contribution in [0.2, 0.25) is 0 Å². The van der Waals surface area contributed by atoms with E-state index in [1.165, 1.54) is 5.56 Å². The normalized spacial score (nSPS) is 15.5. The van der Waals surface area contributed by atoms with Crippen molar-refractivity contribution in [2.45, 2.75) is 19.8 Å². The van der Waals surface area contributed by atoms with Gasteiger partial charge in [0.2, 0.25) is 11.8 Å². The lowest BCUT2D eigenvalue weighted by molar-refractivity contribution is 0.340. The number of fused-ring (bicyclic) bond motifs is 1. The lowest BCUT2D eigenvalue weighted by Gasteiger charge is -2.24. The third-order valence-corrected chi connectivity index (χ3v) is 4.80. The van der Waals surface area contributed by atoms with Gasteiger partial charge in [-0.1, -0.05) is 42.0 Å². The van der Waals surface area contributed by atoms with Crippen LogP contribution in [0.1, 0.15) is 29.5 Å². The van der Waals surface area contributed by atoms with Gasteiger partial charge in [-0.15, -0.1) is 5.10 Å². The number of H-pyrrole nitrogens is 1. The van der Waals surface area contributed by atoms with Crippen LogP contribution in [-0.2, 0) is 0 Å². The lowest BCUT2D eigenvalue weighted by Crippen LogP contribution is -2.21. The van der Waals surface area contributed by atoms with Crippen molar-refractivity contribution in [3.05, 3.63) is 76.7 Å². The maximum Gasteiger partial charge on any atom is 0.244 e. The molecule has 6 nitrogen and oxygen atoms in total. The highest BCUT2D eigenvalue weighted by Crippen LogP contribution is 2.45. The molecule has 0 unspecified atom stereocenters. The van der Waals surface area contributed by atoms with E-state index in [2.05, 4.69) is 16.3 Å². The van der Waals surface area contributed by atoms with E-state index in [4.69, 9.17) is 15.2 Å². The Morgan fingerprint density at radius 1 is 1.18 bits per heavy atom. The topological polar surface area (TPSA) is 96.9 Å². The summed E-state index contributed by atoms with van der Waals surface area (Å²) in [7, 11) is 0. The molecule has 1 aliphatic heterocycles. The van der Waals surface area contributed by atoms with E-state index >= 15 is 0 Å². The van der Waals surface area contributed by atoms with Crippen molar-refractivity contribution in [1.29, 1.82) is 5.26 Å². The Morgan fingerprint density at radius 2 is 1.89 bits per heavy atom. The third kappa shape index (κ3) is 2.97. The van der Waals surface area contributed by atoms with Crippen LogP contribution in [-0.4, -0.2) is 16.8 Å². The summed E-state index contributed by atoms with van der Waals surface area (Å²) in [6.07, 6.45) is 0. The van der Waals surface area contributed by atoms with Gasteiger partial charge in [-0.3, -0.25) is 5.10 Å². The first-order valence-corrected chi connectivity index (χ1v) is 9.08. The fourth-order valence-corrected chi connectivity index (χ4v) is 3.44. The second-order valence-corrected chi connectivity index (χ2v) is 6.61. The van der Waals surface area contributed by atoms with Crippen molar-refractivity contribution in [3.8, 4) is 29.0 Å². The Balaban J connectivity index is 1.86. The van der Waals surface area contributed by atoms with Crippen LogP contribution in [0.4, 0.5) is 0 Å². The Hall–Kier alpha value is -3.72. The summed E-state index contributed by atoms with van der Waals surface area (Å²) in [5, 5.41) is 17.1. The maximum absolute atomic E-state index is 9.77. The van der Waals surface area contributed by atoms with Gasteiger partial charge < -0.3 is 15.2 Å². The summed E-state index contributed by atoms with van der Waals surface area (Å²) in [5.74, 6) is 0.876. The van der Waals surface area contributed by atoms with Gasteiger partial charge in [-0.25, -0.2) is 0 Å². The quantitative estimate of drug-likeness (QED) is 0.721. The zero-order valence-electron chi connectivity index (χ0n) is 15.7. The summed E-state index contributed by atoms with van der Waals surface area (Å²) in [4.78, 5) is 0. The van der Waals surface area contributed by atoms with E-state index in [-0.39, 0.29) is 11.8 Å². The van der Waals surface area contributed by atoms with Gasteiger partial charge >= 0.3 is 0 Å². The zero-order chi connectivity index (χ0) is 19.7. The molecule has 3 aromatic rings. The molecule has 2 aromatic carbocycles. The van der Waals surface area contributed by atoms with E-state index < -0.39 is 0 Å². The minimum absolute atomic E-state index is 0.0795. The summed E-state index contributed by atoms with van der Waals surface area (Å²) >= 11 is 0. The minimum Gasteiger partial charge on any atom is -0.494 e. The largest absolute Gasteiger partial charge is 0.494 e. The van der Waals surface area contributed by atoms with Gasteiger partial charge in [0.15, 0.2) is 0 Å². The number of nitrogens with zero attached hydrogens (tertiary/aromatic N) is 2. The Morgan fingerprint density at radius 3 is 2.54 bits per heavy atom. The number of aromatic amines is 1. The molecule has 1 aliphatic rings. The highest BCUT2D eigenvalue weighted by atomic mass is 16.5. The molecule has 4 rings (SSSR count). The number of hydrogen-bond acceptors (Lipinski definition) is 5. The first kappa shape index (κ1) is 17.7.